The van der Waals surface area contributed by atoms with E-state index in [1.807, 2.05) is 0 Å². The lowest BCUT2D eigenvalue weighted by atomic mass is 9.95. The first-order valence-electron chi connectivity index (χ1n) is 11.8. The number of non-ortho nitro benzene ring substituents is 1. The quantitative estimate of drug-likeness (QED) is 0.138. The Kier molecular flexibility index (Phi) is 7.93. The first kappa shape index (κ1) is 28.0. The van der Waals surface area contributed by atoms with Crippen LogP contribution in [-0.4, -0.2) is 43.1 Å². The van der Waals surface area contributed by atoms with Crippen molar-refractivity contribution in [3.8, 4) is 0 Å². The lowest BCUT2D eigenvalue weighted by Gasteiger charge is -2.33. The van der Waals surface area contributed by atoms with Crippen LogP contribution in [0.3, 0.4) is 0 Å². The van der Waals surface area contributed by atoms with Crippen molar-refractivity contribution >= 4 is 28.8 Å². The minimum absolute atomic E-state index is 0.0844. The monoisotopic (exact) mass is 565 g/mol. The van der Waals surface area contributed by atoms with E-state index in [1.54, 1.807) is 35.7 Å². The van der Waals surface area contributed by atoms with E-state index in [2.05, 4.69) is 10.3 Å². The number of fused-ring (bicyclic) bond motifs is 1. The molecule has 1 atom stereocenters. The second-order valence-corrected chi connectivity index (χ2v) is 8.95. The third-order valence-corrected chi connectivity index (χ3v) is 6.54. The summed E-state index contributed by atoms with van der Waals surface area (Å²) in [6.45, 7) is 2.83. The highest BCUT2D eigenvalue weighted by Crippen LogP contribution is 2.44. The van der Waals surface area contributed by atoms with Crippen molar-refractivity contribution in [1.29, 1.82) is 0 Å². The fourth-order valence-corrected chi connectivity index (χ4v) is 4.38. The molecule has 0 amide bonds. The molecule has 0 N–H and O–H groups in total. The zero-order valence-corrected chi connectivity index (χ0v) is 21.6. The molecule has 0 aliphatic rings. The summed E-state index contributed by atoms with van der Waals surface area (Å²) in [5.74, 6) is -0.564. The first-order valence-corrected chi connectivity index (χ1v) is 12.2. The largest absolute Gasteiger partial charge is 0.462 e. The van der Waals surface area contributed by atoms with E-state index in [4.69, 9.17) is 21.1 Å². The number of pyridine rings is 1. The first-order chi connectivity index (χ1) is 18.5. The van der Waals surface area contributed by atoms with Gasteiger partial charge in [0.15, 0.2) is 0 Å². The molecule has 0 spiro atoms. The number of carbonyl (C=O) groups excluding carboxylic acids is 1. The molecular weight excluding hydrogens is 543 g/mol. The van der Waals surface area contributed by atoms with Gasteiger partial charge in [0.1, 0.15) is 10.8 Å². The van der Waals surface area contributed by atoms with Crippen LogP contribution in [0, 0.1) is 10.1 Å². The van der Waals surface area contributed by atoms with Crippen LogP contribution in [0.15, 0.2) is 54.9 Å². The van der Waals surface area contributed by atoms with E-state index in [0.717, 1.165) is 0 Å². The SMILES string of the molecule is CCOC(=O)c1cc2cc(Cn3cc(C(CC)(OCc4ccc([N+](=O)[O-])cc4)C(F)(F)F)nn3)ccn2c1Cl. The highest BCUT2D eigenvalue weighted by atomic mass is 35.5. The second kappa shape index (κ2) is 11.0. The van der Waals surface area contributed by atoms with Crippen molar-refractivity contribution < 1.29 is 32.4 Å². The number of benzene rings is 1. The van der Waals surface area contributed by atoms with Crippen molar-refractivity contribution in [2.75, 3.05) is 6.61 Å². The van der Waals surface area contributed by atoms with Gasteiger partial charge in [-0.05, 0) is 54.8 Å². The van der Waals surface area contributed by atoms with Gasteiger partial charge in [0.05, 0.1) is 36.4 Å². The number of esters is 1. The van der Waals surface area contributed by atoms with Gasteiger partial charge >= 0.3 is 12.1 Å². The minimum atomic E-state index is -4.82. The summed E-state index contributed by atoms with van der Waals surface area (Å²) < 4.78 is 56.4. The molecule has 1 aromatic carbocycles. The van der Waals surface area contributed by atoms with Gasteiger partial charge in [0.25, 0.3) is 5.69 Å². The average Bonchev–Trinajstić information content (AvgIpc) is 3.49. The zero-order chi connectivity index (χ0) is 28.4. The predicted octanol–water partition coefficient (Wildman–Crippen LogP) is 5.70. The number of carbonyl (C=O) groups is 1. The number of aromatic nitrogens is 4. The lowest BCUT2D eigenvalue weighted by molar-refractivity contribution is -0.384. The standard InChI is InChI=1S/C25H23ClF3N5O5/c1-3-24(25(27,28)29,39-15-16-5-7-18(8-6-16)34(36)37)21-14-32(31-30-21)13-17-9-10-33-19(11-17)12-20(22(33)26)23(35)38-4-2/h5-12,14H,3-4,13,15H2,1-2H3. The van der Waals surface area contributed by atoms with Crippen molar-refractivity contribution in [2.24, 2.45) is 0 Å². The van der Waals surface area contributed by atoms with Crippen LogP contribution in [0.25, 0.3) is 5.52 Å². The molecule has 4 aromatic rings. The summed E-state index contributed by atoms with van der Waals surface area (Å²) >= 11 is 6.29. The third kappa shape index (κ3) is 5.59. The van der Waals surface area contributed by atoms with Gasteiger partial charge in [-0.15, -0.1) is 5.10 Å². The highest BCUT2D eigenvalue weighted by Gasteiger charge is 2.58. The van der Waals surface area contributed by atoms with Crippen LogP contribution in [0.5, 0.6) is 0 Å². The summed E-state index contributed by atoms with van der Waals surface area (Å²) in [4.78, 5) is 22.4. The molecule has 0 aliphatic carbocycles. The molecule has 14 heteroatoms. The molecule has 0 saturated carbocycles. The van der Waals surface area contributed by atoms with Crippen LogP contribution in [0.4, 0.5) is 18.9 Å². The van der Waals surface area contributed by atoms with E-state index < -0.39 is 41.4 Å². The maximum absolute atomic E-state index is 14.4. The summed E-state index contributed by atoms with van der Waals surface area (Å²) in [5, 5.41) is 18.7. The number of rotatable bonds is 10. The van der Waals surface area contributed by atoms with Crippen LogP contribution in [0.2, 0.25) is 5.15 Å². The van der Waals surface area contributed by atoms with Crippen LogP contribution in [0.1, 0.15) is 47.4 Å². The topological polar surface area (TPSA) is 114 Å². The molecule has 4 rings (SSSR count). The Hall–Kier alpha value is -3.97. The van der Waals surface area contributed by atoms with Gasteiger partial charge in [-0.25, -0.2) is 9.48 Å². The molecule has 0 aliphatic heterocycles. The van der Waals surface area contributed by atoms with E-state index >= 15 is 0 Å². The Morgan fingerprint density at radius 1 is 1.13 bits per heavy atom. The molecule has 0 bridgehead atoms. The van der Waals surface area contributed by atoms with Gasteiger partial charge in [0, 0.05) is 23.8 Å². The summed E-state index contributed by atoms with van der Waals surface area (Å²) in [6, 6.07) is 10.0. The lowest BCUT2D eigenvalue weighted by Crippen LogP contribution is -2.44. The Balaban J connectivity index is 1.57. The molecule has 0 radical (unpaired) electrons. The normalized spacial score (nSPS) is 13.4. The average molecular weight is 566 g/mol. The summed E-state index contributed by atoms with van der Waals surface area (Å²) in [7, 11) is 0. The Morgan fingerprint density at radius 2 is 1.85 bits per heavy atom. The maximum Gasteiger partial charge on any atom is 0.423 e. The molecule has 10 nitrogen and oxygen atoms in total. The van der Waals surface area contributed by atoms with E-state index in [0.29, 0.717) is 16.6 Å². The van der Waals surface area contributed by atoms with E-state index in [1.165, 1.54) is 42.1 Å². The number of alkyl halides is 3. The van der Waals surface area contributed by atoms with Crippen LogP contribution >= 0.6 is 11.6 Å². The zero-order valence-electron chi connectivity index (χ0n) is 20.8. The van der Waals surface area contributed by atoms with Crippen molar-refractivity contribution in [3.05, 3.63) is 92.5 Å². The fourth-order valence-electron chi connectivity index (χ4n) is 4.09. The number of ether oxygens (including phenoxy) is 2. The number of halogens is 4. The molecular formula is C25H23ClF3N5O5. The molecule has 206 valence electrons. The smallest absolute Gasteiger partial charge is 0.423 e. The predicted molar refractivity (Wildman–Crippen MR) is 133 cm³/mol. The molecule has 3 heterocycles. The van der Waals surface area contributed by atoms with Gasteiger partial charge in [-0.1, -0.05) is 23.7 Å². The third-order valence-electron chi connectivity index (χ3n) is 6.16. The number of nitro groups is 1. The summed E-state index contributed by atoms with van der Waals surface area (Å²) in [6.07, 6.45) is -2.50. The van der Waals surface area contributed by atoms with Crippen molar-refractivity contribution in [2.45, 2.75) is 45.2 Å². The van der Waals surface area contributed by atoms with Gasteiger partial charge in [0.2, 0.25) is 5.60 Å². The van der Waals surface area contributed by atoms with E-state index in [9.17, 15) is 28.1 Å². The van der Waals surface area contributed by atoms with Crippen molar-refractivity contribution in [3.63, 3.8) is 0 Å². The van der Waals surface area contributed by atoms with Gasteiger partial charge in [-0.2, -0.15) is 13.2 Å². The number of nitro benzene ring substituents is 1. The number of hydrogen-bond donors (Lipinski definition) is 0. The molecule has 0 fully saturated rings. The summed E-state index contributed by atoms with van der Waals surface area (Å²) in [5.41, 5.74) is -1.57. The second-order valence-electron chi connectivity index (χ2n) is 8.59. The Morgan fingerprint density at radius 3 is 2.46 bits per heavy atom. The molecule has 39 heavy (non-hydrogen) atoms. The van der Waals surface area contributed by atoms with Gasteiger partial charge in [-0.3, -0.25) is 10.1 Å². The fraction of sp³-hybridized carbons (Fsp3) is 0.320. The van der Waals surface area contributed by atoms with E-state index in [-0.39, 0.29) is 29.6 Å². The Labute approximate surface area is 225 Å². The number of nitrogens with zero attached hydrogens (tertiary/aromatic N) is 5. The Bertz CT molecular complexity index is 1500. The molecule has 1 unspecified atom stereocenters. The molecule has 0 saturated heterocycles. The molecule has 3 aromatic heterocycles. The minimum Gasteiger partial charge on any atom is -0.462 e. The highest BCUT2D eigenvalue weighted by molar-refractivity contribution is 6.33. The van der Waals surface area contributed by atoms with Crippen LogP contribution in [-0.2, 0) is 28.2 Å². The maximum atomic E-state index is 14.4. The van der Waals surface area contributed by atoms with Crippen LogP contribution < -0.4 is 0 Å². The van der Waals surface area contributed by atoms with Gasteiger partial charge < -0.3 is 13.9 Å². The van der Waals surface area contributed by atoms with Crippen molar-refractivity contribution in [1.82, 2.24) is 19.4 Å². The number of hydrogen-bond acceptors (Lipinski definition) is 7.